The Morgan fingerprint density at radius 1 is 1.44 bits per heavy atom. The highest BCUT2D eigenvalue weighted by atomic mass is 28.1. The van der Waals surface area contributed by atoms with E-state index in [0.717, 1.165) is 11.6 Å². The fourth-order valence-corrected chi connectivity index (χ4v) is 1.45. The summed E-state index contributed by atoms with van der Waals surface area (Å²) in [6.07, 6.45) is 1.34. The standard InChI is InChI=1S/C7H19NSi/c1-5-7(9)6(2)8(3)4/h6-7H,5H2,1-4,9H3. The van der Waals surface area contributed by atoms with Gasteiger partial charge in [-0.05, 0) is 26.6 Å². The lowest BCUT2D eigenvalue weighted by Gasteiger charge is -2.25. The molecule has 0 saturated heterocycles. The molecule has 0 rings (SSSR count). The van der Waals surface area contributed by atoms with Crippen LogP contribution in [-0.4, -0.2) is 35.3 Å². The summed E-state index contributed by atoms with van der Waals surface area (Å²) in [6.45, 7) is 4.58. The Morgan fingerprint density at radius 2 is 1.89 bits per heavy atom. The van der Waals surface area contributed by atoms with Crippen LogP contribution in [0.1, 0.15) is 20.3 Å². The summed E-state index contributed by atoms with van der Waals surface area (Å²) in [5, 5.41) is 0. The van der Waals surface area contributed by atoms with Crippen molar-refractivity contribution in [2.75, 3.05) is 14.1 Å². The lowest BCUT2D eigenvalue weighted by molar-refractivity contribution is 0.297. The molecular weight excluding hydrogens is 126 g/mol. The smallest absolute Gasteiger partial charge is 0.00869 e. The molecule has 0 aromatic rings. The third-order valence-electron chi connectivity index (χ3n) is 2.28. The van der Waals surface area contributed by atoms with Gasteiger partial charge in [-0.25, -0.2) is 0 Å². The molecule has 56 valence electrons. The Balaban J connectivity index is 3.58. The maximum absolute atomic E-state index is 2.31. The number of hydrogen-bond acceptors (Lipinski definition) is 1. The van der Waals surface area contributed by atoms with Gasteiger partial charge in [-0.2, -0.15) is 0 Å². The first-order chi connectivity index (χ1) is 4.09. The Bertz CT molecular complexity index is 73.3. The average molecular weight is 145 g/mol. The first kappa shape index (κ1) is 9.18. The van der Waals surface area contributed by atoms with Gasteiger partial charge in [-0.3, -0.25) is 0 Å². The van der Waals surface area contributed by atoms with E-state index in [0.29, 0.717) is 0 Å². The molecule has 0 aromatic carbocycles. The lowest BCUT2D eigenvalue weighted by atomic mass is 10.2. The van der Waals surface area contributed by atoms with Crippen molar-refractivity contribution in [3.05, 3.63) is 0 Å². The van der Waals surface area contributed by atoms with Crippen LogP contribution in [0.5, 0.6) is 0 Å². The van der Waals surface area contributed by atoms with Crippen molar-refractivity contribution < 1.29 is 0 Å². The van der Waals surface area contributed by atoms with Gasteiger partial charge in [0.2, 0.25) is 0 Å². The maximum Gasteiger partial charge on any atom is 0.00869 e. The van der Waals surface area contributed by atoms with Crippen molar-refractivity contribution in [1.82, 2.24) is 4.90 Å². The van der Waals surface area contributed by atoms with Gasteiger partial charge in [0.05, 0.1) is 0 Å². The van der Waals surface area contributed by atoms with E-state index in [1.165, 1.54) is 16.7 Å². The van der Waals surface area contributed by atoms with E-state index in [1.54, 1.807) is 0 Å². The van der Waals surface area contributed by atoms with Crippen molar-refractivity contribution in [2.24, 2.45) is 0 Å². The molecule has 0 spiro atoms. The second kappa shape index (κ2) is 4.07. The third kappa shape index (κ3) is 3.01. The van der Waals surface area contributed by atoms with Crippen molar-refractivity contribution in [2.45, 2.75) is 31.9 Å². The van der Waals surface area contributed by atoms with Crippen LogP contribution < -0.4 is 0 Å². The van der Waals surface area contributed by atoms with Gasteiger partial charge < -0.3 is 4.90 Å². The molecule has 1 nitrogen and oxygen atoms in total. The molecule has 0 aliphatic rings. The van der Waals surface area contributed by atoms with E-state index in [2.05, 4.69) is 32.8 Å². The van der Waals surface area contributed by atoms with Gasteiger partial charge in [0.15, 0.2) is 0 Å². The van der Waals surface area contributed by atoms with Crippen molar-refractivity contribution in [3.63, 3.8) is 0 Å². The normalized spacial score (nSPS) is 18.3. The molecule has 0 aromatic heterocycles. The van der Waals surface area contributed by atoms with Gasteiger partial charge in [-0.1, -0.05) is 13.3 Å². The summed E-state index contributed by atoms with van der Waals surface area (Å²) < 4.78 is 0. The number of hydrogen-bond donors (Lipinski definition) is 0. The second-order valence-electron chi connectivity index (χ2n) is 3.09. The highest BCUT2D eigenvalue weighted by Gasteiger charge is 2.10. The summed E-state index contributed by atoms with van der Waals surface area (Å²) >= 11 is 0. The molecule has 0 heterocycles. The minimum atomic E-state index is 0.779. The van der Waals surface area contributed by atoms with Gasteiger partial charge >= 0.3 is 0 Å². The molecule has 0 fully saturated rings. The highest BCUT2D eigenvalue weighted by Crippen LogP contribution is 2.13. The summed E-state index contributed by atoms with van der Waals surface area (Å²) in [5.41, 5.74) is 0.958. The average Bonchev–Trinajstić information content (AvgIpc) is 1.84. The van der Waals surface area contributed by atoms with Crippen LogP contribution in [-0.2, 0) is 0 Å². The quantitative estimate of drug-likeness (QED) is 0.523. The zero-order valence-corrected chi connectivity index (χ0v) is 9.31. The van der Waals surface area contributed by atoms with Crippen LogP contribution in [0.3, 0.4) is 0 Å². The first-order valence-electron chi connectivity index (χ1n) is 3.76. The van der Waals surface area contributed by atoms with Crippen LogP contribution in [0.25, 0.3) is 0 Å². The summed E-state index contributed by atoms with van der Waals surface area (Å²) in [4.78, 5) is 2.31. The Morgan fingerprint density at radius 3 is 2.00 bits per heavy atom. The number of nitrogens with zero attached hydrogens (tertiary/aromatic N) is 1. The molecule has 0 bridgehead atoms. The van der Waals surface area contributed by atoms with E-state index in [1.807, 2.05) is 0 Å². The third-order valence-corrected chi connectivity index (χ3v) is 4.06. The molecule has 0 aliphatic carbocycles. The predicted molar refractivity (Wildman–Crippen MR) is 47.1 cm³/mol. The monoisotopic (exact) mass is 145 g/mol. The van der Waals surface area contributed by atoms with Crippen LogP contribution in [0, 0.1) is 0 Å². The fraction of sp³-hybridized carbons (Fsp3) is 1.00. The van der Waals surface area contributed by atoms with Gasteiger partial charge in [0, 0.05) is 16.3 Å². The van der Waals surface area contributed by atoms with E-state index >= 15 is 0 Å². The van der Waals surface area contributed by atoms with E-state index in [4.69, 9.17) is 0 Å². The summed E-state index contributed by atoms with van der Waals surface area (Å²) in [7, 11) is 5.65. The van der Waals surface area contributed by atoms with Crippen LogP contribution in [0.4, 0.5) is 0 Å². The molecule has 2 atom stereocenters. The SMILES string of the molecule is CCC([SiH3])C(C)N(C)C. The zero-order valence-electron chi connectivity index (χ0n) is 7.31. The van der Waals surface area contributed by atoms with Crippen LogP contribution in [0.2, 0.25) is 5.54 Å². The van der Waals surface area contributed by atoms with E-state index < -0.39 is 0 Å². The van der Waals surface area contributed by atoms with E-state index in [-0.39, 0.29) is 0 Å². The Kier molecular flexibility index (Phi) is 4.15. The predicted octanol–water partition coefficient (Wildman–Crippen LogP) is 0.500. The number of rotatable bonds is 3. The zero-order chi connectivity index (χ0) is 7.44. The molecule has 0 saturated carbocycles. The van der Waals surface area contributed by atoms with Crippen LogP contribution >= 0.6 is 0 Å². The molecular formula is C7H19NSi. The molecule has 0 amide bonds. The lowest BCUT2D eigenvalue weighted by Crippen LogP contribution is -2.28. The fourth-order valence-electron chi connectivity index (χ4n) is 0.850. The summed E-state index contributed by atoms with van der Waals surface area (Å²) in [6, 6.07) is 0.779. The van der Waals surface area contributed by atoms with Crippen molar-refractivity contribution >= 4 is 10.2 Å². The van der Waals surface area contributed by atoms with Crippen molar-refractivity contribution in [1.29, 1.82) is 0 Å². The largest absolute Gasteiger partial charge is 0.307 e. The second-order valence-corrected chi connectivity index (χ2v) is 4.57. The van der Waals surface area contributed by atoms with Gasteiger partial charge in [0.1, 0.15) is 0 Å². The van der Waals surface area contributed by atoms with Crippen molar-refractivity contribution in [3.8, 4) is 0 Å². The highest BCUT2D eigenvalue weighted by molar-refractivity contribution is 6.12. The molecule has 9 heavy (non-hydrogen) atoms. The Labute approximate surface area is 61.9 Å². The molecule has 0 radical (unpaired) electrons. The summed E-state index contributed by atoms with van der Waals surface area (Å²) in [5.74, 6) is 0. The van der Waals surface area contributed by atoms with Gasteiger partial charge in [-0.15, -0.1) is 0 Å². The van der Waals surface area contributed by atoms with E-state index in [9.17, 15) is 0 Å². The minimum Gasteiger partial charge on any atom is -0.307 e. The van der Waals surface area contributed by atoms with Crippen LogP contribution in [0.15, 0.2) is 0 Å². The maximum atomic E-state index is 2.31. The molecule has 0 N–H and O–H groups in total. The first-order valence-corrected chi connectivity index (χ1v) is 4.91. The van der Waals surface area contributed by atoms with Gasteiger partial charge in [0.25, 0.3) is 0 Å². The molecule has 2 heteroatoms. The Hall–Kier alpha value is 0.177. The minimum absolute atomic E-state index is 0.779. The molecule has 2 unspecified atom stereocenters. The molecule has 0 aliphatic heterocycles. The topological polar surface area (TPSA) is 3.24 Å².